The van der Waals surface area contributed by atoms with Crippen molar-refractivity contribution in [2.75, 3.05) is 0 Å². The first kappa shape index (κ1) is 12.0. The average Bonchev–Trinajstić information content (AvgIpc) is 2.28. The third kappa shape index (κ3) is 3.02. The molecule has 1 aromatic heterocycles. The lowest BCUT2D eigenvalue weighted by Crippen LogP contribution is -2.15. The van der Waals surface area contributed by atoms with Crippen LogP contribution in [0.5, 0.6) is 0 Å². The highest BCUT2D eigenvalue weighted by atomic mass is 14.8. The van der Waals surface area contributed by atoms with E-state index in [2.05, 4.69) is 30.7 Å². The second-order valence-corrected chi connectivity index (χ2v) is 5.44. The van der Waals surface area contributed by atoms with E-state index >= 15 is 0 Å². The van der Waals surface area contributed by atoms with Gasteiger partial charge in [-0.3, -0.25) is 4.98 Å². The van der Waals surface area contributed by atoms with Crippen LogP contribution in [-0.2, 0) is 6.42 Å². The molecule has 2 heteroatoms. The summed E-state index contributed by atoms with van der Waals surface area (Å²) < 4.78 is 0. The van der Waals surface area contributed by atoms with Gasteiger partial charge in [0.2, 0.25) is 0 Å². The van der Waals surface area contributed by atoms with Gasteiger partial charge in [0.1, 0.15) is 0 Å². The minimum Gasteiger partial charge on any atom is -0.253 e. The Hall–Kier alpha value is -1.44. The Kier molecular flexibility index (Phi) is 3.41. The van der Waals surface area contributed by atoms with E-state index in [1.807, 2.05) is 30.5 Å². The fourth-order valence-corrected chi connectivity index (χ4v) is 2.34. The predicted octanol–water partition coefficient (Wildman–Crippen LogP) is 4.00. The summed E-state index contributed by atoms with van der Waals surface area (Å²) in [5.74, 6) is 0. The summed E-state index contributed by atoms with van der Waals surface area (Å²) >= 11 is 0. The van der Waals surface area contributed by atoms with Crippen molar-refractivity contribution in [2.24, 2.45) is 5.41 Å². The maximum absolute atomic E-state index is 4.68. The van der Waals surface area contributed by atoms with Gasteiger partial charge >= 0.3 is 0 Å². The second-order valence-electron chi connectivity index (χ2n) is 5.44. The van der Waals surface area contributed by atoms with E-state index < -0.39 is 0 Å². The van der Waals surface area contributed by atoms with E-state index in [9.17, 15) is 0 Å². The number of hydrogen-bond donors (Lipinski definition) is 0. The maximum atomic E-state index is 4.68. The number of aromatic nitrogens is 2. The molecule has 0 saturated carbocycles. The molecule has 0 fully saturated rings. The lowest BCUT2D eigenvalue weighted by atomic mass is 9.83. The molecule has 0 aliphatic carbocycles. The molecule has 0 N–H and O–H groups in total. The van der Waals surface area contributed by atoms with Crippen LogP contribution in [0, 0.1) is 5.41 Å². The van der Waals surface area contributed by atoms with Gasteiger partial charge in [-0.25, -0.2) is 4.98 Å². The van der Waals surface area contributed by atoms with Gasteiger partial charge < -0.3 is 0 Å². The zero-order chi connectivity index (χ0) is 12.3. The molecule has 0 unspecified atom stereocenters. The van der Waals surface area contributed by atoms with Crippen LogP contribution >= 0.6 is 0 Å². The van der Waals surface area contributed by atoms with Crippen LogP contribution in [0.4, 0.5) is 0 Å². The first-order valence-electron chi connectivity index (χ1n) is 6.31. The number of hydrogen-bond acceptors (Lipinski definition) is 2. The Labute approximate surface area is 103 Å². The van der Waals surface area contributed by atoms with E-state index in [1.54, 1.807) is 0 Å². The summed E-state index contributed by atoms with van der Waals surface area (Å²) in [6.07, 6.45) is 5.36. The predicted molar refractivity (Wildman–Crippen MR) is 71.9 cm³/mol. The largest absolute Gasteiger partial charge is 0.253 e. The molecule has 17 heavy (non-hydrogen) atoms. The van der Waals surface area contributed by atoms with Gasteiger partial charge in [-0.05, 0) is 30.4 Å². The normalized spacial score (nSPS) is 11.9. The summed E-state index contributed by atoms with van der Waals surface area (Å²) in [4.78, 5) is 9.14. The topological polar surface area (TPSA) is 25.8 Å². The molecule has 2 aromatic rings. The van der Waals surface area contributed by atoms with Gasteiger partial charge in [0.15, 0.2) is 0 Å². The molecule has 0 spiro atoms. The molecule has 1 aromatic carbocycles. The van der Waals surface area contributed by atoms with Crippen molar-refractivity contribution >= 4 is 11.0 Å². The first-order chi connectivity index (χ1) is 8.11. The molecule has 0 aliphatic rings. The Bertz CT molecular complexity index is 503. The highest BCUT2D eigenvalue weighted by Crippen LogP contribution is 2.26. The van der Waals surface area contributed by atoms with Gasteiger partial charge in [-0.2, -0.15) is 0 Å². The number of fused-ring (bicyclic) bond motifs is 1. The van der Waals surface area contributed by atoms with Gasteiger partial charge in [-0.15, -0.1) is 0 Å². The zero-order valence-electron chi connectivity index (χ0n) is 10.9. The molecule has 2 nitrogen and oxygen atoms in total. The van der Waals surface area contributed by atoms with Gasteiger partial charge in [0.05, 0.1) is 16.7 Å². The maximum Gasteiger partial charge on any atom is 0.0890 e. The summed E-state index contributed by atoms with van der Waals surface area (Å²) in [7, 11) is 0. The van der Waals surface area contributed by atoms with Gasteiger partial charge in [-0.1, -0.05) is 39.3 Å². The van der Waals surface area contributed by atoms with Crippen molar-refractivity contribution in [3.05, 3.63) is 36.2 Å². The molecule has 1 heterocycles. The molecule has 0 aliphatic heterocycles. The summed E-state index contributed by atoms with van der Waals surface area (Å²) in [6.45, 7) is 6.83. The van der Waals surface area contributed by atoms with E-state index in [1.165, 1.54) is 12.8 Å². The Morgan fingerprint density at radius 3 is 2.53 bits per heavy atom. The van der Waals surface area contributed by atoms with Gasteiger partial charge in [0, 0.05) is 6.20 Å². The smallest absolute Gasteiger partial charge is 0.0890 e. The lowest BCUT2D eigenvalue weighted by molar-refractivity contribution is 0.325. The molecule has 2 rings (SSSR count). The van der Waals surface area contributed by atoms with Crippen LogP contribution in [0.1, 0.15) is 39.3 Å². The van der Waals surface area contributed by atoms with E-state index in [-0.39, 0.29) is 0 Å². The molecular formula is C15H20N2. The molecule has 0 saturated heterocycles. The number of benzene rings is 1. The monoisotopic (exact) mass is 228 g/mol. The van der Waals surface area contributed by atoms with Crippen LogP contribution in [0.2, 0.25) is 0 Å². The fourth-order valence-electron chi connectivity index (χ4n) is 2.34. The second kappa shape index (κ2) is 4.82. The standard InChI is InChI=1S/C15H20N2/c1-4-9-15(2,3)10-12-11-16-13-7-5-6-8-14(13)17-12/h5-8,11H,4,9-10H2,1-3H3. The third-order valence-electron chi connectivity index (χ3n) is 3.08. The van der Waals surface area contributed by atoms with Crippen LogP contribution in [0.25, 0.3) is 11.0 Å². The minimum atomic E-state index is 0.311. The van der Waals surface area contributed by atoms with Crippen LogP contribution in [0.3, 0.4) is 0 Å². The van der Waals surface area contributed by atoms with Crippen molar-refractivity contribution in [3.63, 3.8) is 0 Å². The first-order valence-corrected chi connectivity index (χ1v) is 6.31. The van der Waals surface area contributed by atoms with E-state index in [0.717, 1.165) is 23.1 Å². The summed E-state index contributed by atoms with van der Waals surface area (Å²) in [5.41, 5.74) is 3.38. The van der Waals surface area contributed by atoms with Crippen LogP contribution in [0.15, 0.2) is 30.5 Å². The molecular weight excluding hydrogens is 208 g/mol. The SMILES string of the molecule is CCCC(C)(C)Cc1cnc2ccccc2n1. The Balaban J connectivity index is 2.25. The number of nitrogens with zero attached hydrogens (tertiary/aromatic N) is 2. The fraction of sp³-hybridized carbons (Fsp3) is 0.467. The molecule has 0 atom stereocenters. The molecule has 0 bridgehead atoms. The number of rotatable bonds is 4. The third-order valence-corrected chi connectivity index (χ3v) is 3.08. The van der Waals surface area contributed by atoms with Crippen LogP contribution < -0.4 is 0 Å². The Morgan fingerprint density at radius 1 is 1.12 bits per heavy atom. The van der Waals surface area contributed by atoms with Crippen LogP contribution in [-0.4, -0.2) is 9.97 Å². The summed E-state index contributed by atoms with van der Waals surface area (Å²) in [5, 5.41) is 0. The van der Waals surface area contributed by atoms with E-state index in [4.69, 9.17) is 0 Å². The lowest BCUT2D eigenvalue weighted by Gasteiger charge is -2.23. The highest BCUT2D eigenvalue weighted by molar-refractivity contribution is 5.73. The molecule has 0 amide bonds. The summed E-state index contributed by atoms with van der Waals surface area (Å²) in [6, 6.07) is 8.04. The van der Waals surface area contributed by atoms with Gasteiger partial charge in [0.25, 0.3) is 0 Å². The van der Waals surface area contributed by atoms with E-state index in [0.29, 0.717) is 5.41 Å². The van der Waals surface area contributed by atoms with Crippen molar-refractivity contribution in [1.82, 2.24) is 9.97 Å². The number of para-hydroxylation sites is 2. The van der Waals surface area contributed by atoms with Crippen molar-refractivity contribution in [3.8, 4) is 0 Å². The quantitative estimate of drug-likeness (QED) is 0.790. The minimum absolute atomic E-state index is 0.311. The van der Waals surface area contributed by atoms with Crippen molar-refractivity contribution in [2.45, 2.75) is 40.0 Å². The average molecular weight is 228 g/mol. The van der Waals surface area contributed by atoms with Crippen molar-refractivity contribution < 1.29 is 0 Å². The Morgan fingerprint density at radius 2 is 1.82 bits per heavy atom. The highest BCUT2D eigenvalue weighted by Gasteiger charge is 2.18. The zero-order valence-corrected chi connectivity index (χ0v) is 10.9. The van der Waals surface area contributed by atoms with Crippen molar-refractivity contribution in [1.29, 1.82) is 0 Å². The molecule has 0 radical (unpaired) electrons. The molecule has 90 valence electrons.